The molecule has 1 amide bonds. The van der Waals surface area contributed by atoms with Crippen LogP contribution in [0.3, 0.4) is 0 Å². The van der Waals surface area contributed by atoms with Crippen molar-refractivity contribution in [1.29, 1.82) is 0 Å². The number of benzene rings is 1. The first-order valence-corrected chi connectivity index (χ1v) is 8.23. The summed E-state index contributed by atoms with van der Waals surface area (Å²) in [7, 11) is 0. The lowest BCUT2D eigenvalue weighted by molar-refractivity contribution is -0.125. The highest BCUT2D eigenvalue weighted by atomic mass is 16.5. The van der Waals surface area contributed by atoms with E-state index in [2.05, 4.69) is 43.5 Å². The summed E-state index contributed by atoms with van der Waals surface area (Å²) >= 11 is 0. The topological polar surface area (TPSA) is 50.4 Å². The van der Waals surface area contributed by atoms with Crippen LogP contribution < -0.4 is 10.6 Å². The molecule has 1 aliphatic rings. The molecule has 0 aromatic heterocycles. The molecular weight excluding hydrogens is 276 g/mol. The second-order valence-electron chi connectivity index (χ2n) is 6.51. The molecule has 4 heteroatoms. The Kier molecular flexibility index (Phi) is 6.40. The average molecular weight is 304 g/mol. The van der Waals surface area contributed by atoms with Gasteiger partial charge in [0, 0.05) is 13.1 Å². The molecule has 1 heterocycles. The molecule has 1 fully saturated rings. The number of amides is 1. The van der Waals surface area contributed by atoms with E-state index in [1.807, 2.05) is 12.1 Å². The van der Waals surface area contributed by atoms with Crippen molar-refractivity contribution in [1.82, 2.24) is 10.6 Å². The van der Waals surface area contributed by atoms with Crippen LogP contribution in [-0.2, 0) is 9.53 Å². The van der Waals surface area contributed by atoms with Gasteiger partial charge in [-0.3, -0.25) is 4.79 Å². The molecular formula is C18H28N2O2. The molecule has 0 saturated carbocycles. The number of hydrogen-bond donors (Lipinski definition) is 2. The summed E-state index contributed by atoms with van der Waals surface area (Å²) in [4.78, 5) is 12.4. The Bertz CT molecular complexity index is 482. The molecule has 1 aliphatic heterocycles. The number of aryl methyl sites for hydroxylation is 1. The van der Waals surface area contributed by atoms with Crippen molar-refractivity contribution >= 4 is 5.91 Å². The van der Waals surface area contributed by atoms with E-state index < -0.39 is 0 Å². The van der Waals surface area contributed by atoms with E-state index in [0.29, 0.717) is 18.9 Å². The van der Waals surface area contributed by atoms with Crippen LogP contribution in [0, 0.1) is 12.8 Å². The van der Waals surface area contributed by atoms with Gasteiger partial charge >= 0.3 is 0 Å². The normalized spacial score (nSPS) is 19.9. The lowest BCUT2D eigenvalue weighted by Gasteiger charge is -2.26. The van der Waals surface area contributed by atoms with Gasteiger partial charge in [0.15, 0.2) is 0 Å². The fourth-order valence-corrected chi connectivity index (χ4v) is 2.92. The van der Waals surface area contributed by atoms with Crippen molar-refractivity contribution in [3.63, 3.8) is 0 Å². The lowest BCUT2D eigenvalue weighted by atomic mass is 9.93. The van der Waals surface area contributed by atoms with Gasteiger partial charge in [-0.15, -0.1) is 0 Å². The van der Waals surface area contributed by atoms with E-state index in [1.165, 1.54) is 11.1 Å². The smallest absolute Gasteiger partial charge is 0.223 e. The third-order valence-electron chi connectivity index (χ3n) is 4.02. The highest BCUT2D eigenvalue weighted by molar-refractivity contribution is 5.77. The Morgan fingerprint density at radius 1 is 1.41 bits per heavy atom. The predicted octanol–water partition coefficient (Wildman–Crippen LogP) is 2.58. The largest absolute Gasteiger partial charge is 0.375 e. The molecule has 2 rings (SSSR count). The number of rotatable bonds is 6. The Morgan fingerprint density at radius 2 is 2.18 bits per heavy atom. The summed E-state index contributed by atoms with van der Waals surface area (Å²) in [5.74, 6) is 0.597. The molecule has 1 saturated heterocycles. The number of nitrogens with one attached hydrogen (secondary N) is 2. The van der Waals surface area contributed by atoms with E-state index in [1.54, 1.807) is 0 Å². The lowest BCUT2D eigenvalue weighted by Crippen LogP contribution is -2.42. The fourth-order valence-electron chi connectivity index (χ4n) is 2.92. The average Bonchev–Trinajstić information content (AvgIpc) is 2.47. The summed E-state index contributed by atoms with van der Waals surface area (Å²) in [6, 6.07) is 8.36. The van der Waals surface area contributed by atoms with Crippen LogP contribution >= 0.6 is 0 Å². The number of carbonyl (C=O) groups excluding carboxylic acids is 1. The first-order chi connectivity index (χ1) is 10.6. The minimum absolute atomic E-state index is 0.00896. The second kappa shape index (κ2) is 8.30. The Labute approximate surface area is 133 Å². The van der Waals surface area contributed by atoms with E-state index in [0.717, 1.165) is 19.5 Å². The zero-order valence-electron chi connectivity index (χ0n) is 13.9. The molecule has 0 radical (unpaired) electrons. The molecule has 0 bridgehead atoms. The Morgan fingerprint density at radius 3 is 2.82 bits per heavy atom. The van der Waals surface area contributed by atoms with Gasteiger partial charge in [0.05, 0.1) is 25.2 Å². The van der Waals surface area contributed by atoms with Crippen molar-refractivity contribution < 1.29 is 9.53 Å². The summed E-state index contributed by atoms with van der Waals surface area (Å²) in [6.45, 7) is 8.79. The molecule has 1 aromatic carbocycles. The number of ether oxygens (including phenoxy) is 1. The first-order valence-electron chi connectivity index (χ1n) is 8.23. The van der Waals surface area contributed by atoms with Crippen LogP contribution in [0.2, 0.25) is 0 Å². The van der Waals surface area contributed by atoms with Gasteiger partial charge in [0.25, 0.3) is 0 Å². The molecule has 2 atom stereocenters. The fraction of sp³-hybridized carbons (Fsp3) is 0.611. The predicted molar refractivity (Wildman–Crippen MR) is 88.7 cm³/mol. The summed E-state index contributed by atoms with van der Waals surface area (Å²) in [6.07, 6.45) is 1.36. The molecule has 2 N–H and O–H groups in total. The maximum atomic E-state index is 12.4. The standard InChI is InChI=1S/C18H28N2O2/c1-13(2)10-17(16-7-5-4-6-14(16)3)20-18(21)11-15-12-19-8-9-22-15/h4-7,13,15,17,19H,8-12H2,1-3H3,(H,20,21). The van der Waals surface area contributed by atoms with Crippen molar-refractivity contribution in [3.05, 3.63) is 35.4 Å². The van der Waals surface area contributed by atoms with Gasteiger partial charge in [-0.25, -0.2) is 0 Å². The number of morpholine rings is 1. The highest BCUT2D eigenvalue weighted by Crippen LogP contribution is 2.24. The van der Waals surface area contributed by atoms with Crippen LogP contribution in [-0.4, -0.2) is 31.7 Å². The van der Waals surface area contributed by atoms with Crippen LogP contribution in [0.1, 0.15) is 43.9 Å². The quantitative estimate of drug-likeness (QED) is 0.849. The molecule has 1 aromatic rings. The van der Waals surface area contributed by atoms with Gasteiger partial charge in [-0.1, -0.05) is 38.1 Å². The zero-order chi connectivity index (χ0) is 15.9. The maximum absolute atomic E-state index is 12.4. The second-order valence-corrected chi connectivity index (χ2v) is 6.51. The van der Waals surface area contributed by atoms with Gasteiger partial charge in [0.2, 0.25) is 5.91 Å². The van der Waals surface area contributed by atoms with Gasteiger partial charge in [-0.05, 0) is 30.4 Å². The van der Waals surface area contributed by atoms with Crippen molar-refractivity contribution in [2.24, 2.45) is 5.92 Å². The van der Waals surface area contributed by atoms with Crippen LogP contribution in [0.25, 0.3) is 0 Å². The Hall–Kier alpha value is -1.39. The molecule has 0 aliphatic carbocycles. The third kappa shape index (κ3) is 5.11. The van der Waals surface area contributed by atoms with Crippen LogP contribution in [0.5, 0.6) is 0 Å². The Balaban J connectivity index is 2.00. The number of hydrogen-bond acceptors (Lipinski definition) is 3. The van der Waals surface area contributed by atoms with E-state index >= 15 is 0 Å². The zero-order valence-corrected chi connectivity index (χ0v) is 13.9. The monoisotopic (exact) mass is 304 g/mol. The van der Waals surface area contributed by atoms with E-state index in [-0.39, 0.29) is 18.1 Å². The van der Waals surface area contributed by atoms with Gasteiger partial charge in [-0.2, -0.15) is 0 Å². The van der Waals surface area contributed by atoms with E-state index in [9.17, 15) is 4.79 Å². The highest BCUT2D eigenvalue weighted by Gasteiger charge is 2.21. The van der Waals surface area contributed by atoms with Crippen LogP contribution in [0.15, 0.2) is 24.3 Å². The first kappa shape index (κ1) is 17.0. The molecule has 0 spiro atoms. The van der Waals surface area contributed by atoms with Crippen LogP contribution in [0.4, 0.5) is 0 Å². The number of carbonyl (C=O) groups is 1. The summed E-state index contributed by atoms with van der Waals surface area (Å²) < 4.78 is 5.62. The van der Waals surface area contributed by atoms with Crippen molar-refractivity contribution in [3.8, 4) is 0 Å². The van der Waals surface area contributed by atoms with Gasteiger partial charge < -0.3 is 15.4 Å². The molecule has 122 valence electrons. The minimum atomic E-state index is -0.00896. The van der Waals surface area contributed by atoms with Crippen molar-refractivity contribution in [2.75, 3.05) is 19.7 Å². The van der Waals surface area contributed by atoms with Crippen molar-refractivity contribution in [2.45, 2.75) is 45.8 Å². The molecule has 22 heavy (non-hydrogen) atoms. The summed E-state index contributed by atoms with van der Waals surface area (Å²) in [5.41, 5.74) is 2.44. The van der Waals surface area contributed by atoms with Gasteiger partial charge in [0.1, 0.15) is 0 Å². The van der Waals surface area contributed by atoms with E-state index in [4.69, 9.17) is 4.74 Å². The SMILES string of the molecule is Cc1ccccc1C(CC(C)C)NC(=O)CC1CNCCO1. The maximum Gasteiger partial charge on any atom is 0.223 e. The third-order valence-corrected chi connectivity index (χ3v) is 4.02. The molecule has 2 unspecified atom stereocenters. The molecule has 4 nitrogen and oxygen atoms in total. The minimum Gasteiger partial charge on any atom is -0.375 e. The summed E-state index contributed by atoms with van der Waals surface area (Å²) in [5, 5.41) is 6.47.